The highest BCUT2D eigenvalue weighted by Crippen LogP contribution is 2.33. The minimum atomic E-state index is -0.351. The second-order valence-corrected chi connectivity index (χ2v) is 7.24. The summed E-state index contributed by atoms with van der Waals surface area (Å²) in [5.74, 6) is 0.777. The van der Waals surface area contributed by atoms with E-state index < -0.39 is 0 Å². The number of hydrogen-bond donors (Lipinski definition) is 0. The summed E-state index contributed by atoms with van der Waals surface area (Å²) in [6.07, 6.45) is -0.450. The Morgan fingerprint density at radius 1 is 1.17 bits per heavy atom. The van der Waals surface area contributed by atoms with Gasteiger partial charge in [-0.05, 0) is 43.3 Å². The maximum atomic E-state index is 12.9. The summed E-state index contributed by atoms with van der Waals surface area (Å²) < 4.78 is 11.1. The fourth-order valence-corrected chi connectivity index (χ4v) is 3.79. The Bertz CT molecular complexity index is 899. The van der Waals surface area contributed by atoms with Gasteiger partial charge in [0.2, 0.25) is 0 Å². The van der Waals surface area contributed by atoms with Gasteiger partial charge in [0.1, 0.15) is 18.5 Å². The molecule has 0 spiro atoms. The molecule has 7 heteroatoms. The topological polar surface area (TPSA) is 62.3 Å². The Morgan fingerprint density at radius 3 is 2.62 bits per heavy atom. The standard InChI is InChI=1S/C22H25N3O4/c1-3-24-15-18(29-20-7-5-4-6-19(20)24)14-23(2)21(26)16-8-10-17(11-9-16)25-12-13-28-22(25)27/h4-11,18H,3,12-15H2,1-2H3/t18-/m1/s1. The molecule has 0 radical (unpaired) electrons. The molecule has 0 aliphatic carbocycles. The van der Waals surface area contributed by atoms with Crippen molar-refractivity contribution >= 4 is 23.4 Å². The average molecular weight is 395 g/mol. The van der Waals surface area contributed by atoms with Crippen molar-refractivity contribution in [1.29, 1.82) is 0 Å². The van der Waals surface area contributed by atoms with E-state index in [1.807, 2.05) is 18.2 Å². The summed E-state index contributed by atoms with van der Waals surface area (Å²) in [5.41, 5.74) is 2.40. The van der Waals surface area contributed by atoms with Gasteiger partial charge in [-0.15, -0.1) is 0 Å². The number of hydrogen-bond acceptors (Lipinski definition) is 5. The molecule has 2 aromatic rings. The first-order chi connectivity index (χ1) is 14.1. The fourth-order valence-electron chi connectivity index (χ4n) is 3.79. The van der Waals surface area contributed by atoms with Crippen LogP contribution >= 0.6 is 0 Å². The third-order valence-corrected chi connectivity index (χ3v) is 5.32. The summed E-state index contributed by atoms with van der Waals surface area (Å²) in [6.45, 7) is 5.15. The molecule has 2 heterocycles. The van der Waals surface area contributed by atoms with Crippen LogP contribution in [0.2, 0.25) is 0 Å². The second-order valence-electron chi connectivity index (χ2n) is 7.24. The summed E-state index contributed by atoms with van der Waals surface area (Å²) in [6, 6.07) is 15.0. The molecule has 2 aromatic carbocycles. The number of benzene rings is 2. The number of anilines is 2. The molecule has 0 saturated carbocycles. The maximum Gasteiger partial charge on any atom is 0.414 e. The first-order valence-corrected chi connectivity index (χ1v) is 9.87. The molecule has 4 rings (SSSR count). The van der Waals surface area contributed by atoms with Crippen LogP contribution in [-0.4, -0.2) is 62.8 Å². The molecular formula is C22H25N3O4. The zero-order chi connectivity index (χ0) is 20.4. The van der Waals surface area contributed by atoms with Gasteiger partial charge in [0.25, 0.3) is 5.91 Å². The summed E-state index contributed by atoms with van der Waals surface area (Å²) in [7, 11) is 1.79. The number of rotatable bonds is 5. The number of para-hydroxylation sites is 2. The van der Waals surface area contributed by atoms with E-state index in [4.69, 9.17) is 9.47 Å². The third kappa shape index (κ3) is 3.85. The van der Waals surface area contributed by atoms with E-state index in [0.717, 1.165) is 30.2 Å². The van der Waals surface area contributed by atoms with Crippen LogP contribution in [0.3, 0.4) is 0 Å². The van der Waals surface area contributed by atoms with Crippen molar-refractivity contribution in [2.75, 3.05) is 49.6 Å². The maximum absolute atomic E-state index is 12.9. The van der Waals surface area contributed by atoms with Crippen molar-refractivity contribution in [2.45, 2.75) is 13.0 Å². The number of carbonyl (C=O) groups is 2. The number of ether oxygens (including phenoxy) is 2. The van der Waals surface area contributed by atoms with Crippen LogP contribution < -0.4 is 14.5 Å². The van der Waals surface area contributed by atoms with Gasteiger partial charge in [-0.25, -0.2) is 4.79 Å². The highest BCUT2D eigenvalue weighted by molar-refractivity contribution is 5.95. The molecule has 152 valence electrons. The van der Waals surface area contributed by atoms with E-state index in [1.54, 1.807) is 41.1 Å². The lowest BCUT2D eigenvalue weighted by atomic mass is 10.1. The van der Waals surface area contributed by atoms with Crippen molar-refractivity contribution in [1.82, 2.24) is 4.90 Å². The van der Waals surface area contributed by atoms with Crippen LogP contribution in [0.4, 0.5) is 16.2 Å². The Hall–Kier alpha value is -3.22. The Balaban J connectivity index is 1.41. The zero-order valence-electron chi connectivity index (χ0n) is 16.7. The summed E-state index contributed by atoms with van der Waals surface area (Å²) in [4.78, 5) is 30.1. The van der Waals surface area contributed by atoms with Gasteiger partial charge >= 0.3 is 6.09 Å². The van der Waals surface area contributed by atoms with E-state index in [0.29, 0.717) is 25.3 Å². The zero-order valence-corrected chi connectivity index (χ0v) is 16.7. The quantitative estimate of drug-likeness (QED) is 0.779. The van der Waals surface area contributed by atoms with Gasteiger partial charge in [-0.2, -0.15) is 0 Å². The molecule has 0 N–H and O–H groups in total. The van der Waals surface area contributed by atoms with Gasteiger partial charge in [0, 0.05) is 24.8 Å². The van der Waals surface area contributed by atoms with Crippen LogP contribution in [0.5, 0.6) is 5.75 Å². The van der Waals surface area contributed by atoms with Gasteiger partial charge in [0.05, 0.1) is 25.3 Å². The van der Waals surface area contributed by atoms with Crippen molar-refractivity contribution in [3.8, 4) is 5.75 Å². The number of carbonyl (C=O) groups excluding carboxylic acids is 2. The predicted octanol–water partition coefficient (Wildman–Crippen LogP) is 3.00. The van der Waals surface area contributed by atoms with Crippen LogP contribution in [-0.2, 0) is 4.74 Å². The first-order valence-electron chi connectivity index (χ1n) is 9.87. The molecule has 2 amide bonds. The lowest BCUT2D eigenvalue weighted by Gasteiger charge is -2.37. The molecule has 1 fully saturated rings. The normalized spacial score (nSPS) is 18.1. The Labute approximate surface area is 170 Å². The van der Waals surface area contributed by atoms with Crippen LogP contribution in [0, 0.1) is 0 Å². The molecule has 1 saturated heterocycles. The molecule has 0 bridgehead atoms. The van der Waals surface area contributed by atoms with E-state index in [-0.39, 0.29) is 18.1 Å². The molecule has 0 unspecified atom stereocenters. The number of fused-ring (bicyclic) bond motifs is 1. The van der Waals surface area contributed by atoms with Gasteiger partial charge in [-0.1, -0.05) is 12.1 Å². The first kappa shape index (κ1) is 19.1. The van der Waals surface area contributed by atoms with E-state index in [9.17, 15) is 9.59 Å². The average Bonchev–Trinajstić information content (AvgIpc) is 3.18. The number of likely N-dealkylation sites (N-methyl/N-ethyl adjacent to an activating group) is 2. The molecule has 1 atom stereocenters. The van der Waals surface area contributed by atoms with E-state index in [1.165, 1.54) is 0 Å². The third-order valence-electron chi connectivity index (χ3n) is 5.32. The largest absolute Gasteiger partial charge is 0.485 e. The fraction of sp³-hybridized carbons (Fsp3) is 0.364. The van der Waals surface area contributed by atoms with Crippen LogP contribution in [0.15, 0.2) is 48.5 Å². The molecule has 2 aliphatic rings. The molecule has 29 heavy (non-hydrogen) atoms. The minimum absolute atomic E-state index is 0.0777. The monoisotopic (exact) mass is 395 g/mol. The van der Waals surface area contributed by atoms with Crippen LogP contribution in [0.1, 0.15) is 17.3 Å². The van der Waals surface area contributed by atoms with Crippen molar-refractivity contribution < 1.29 is 19.1 Å². The van der Waals surface area contributed by atoms with Crippen molar-refractivity contribution in [2.24, 2.45) is 0 Å². The SMILES string of the molecule is CCN1C[C@@H](CN(C)C(=O)c2ccc(N3CCOC3=O)cc2)Oc2ccccc21. The summed E-state index contributed by atoms with van der Waals surface area (Å²) in [5, 5.41) is 0. The van der Waals surface area contributed by atoms with Crippen molar-refractivity contribution in [3.63, 3.8) is 0 Å². The molecule has 0 aromatic heterocycles. The predicted molar refractivity (Wildman–Crippen MR) is 111 cm³/mol. The smallest absolute Gasteiger partial charge is 0.414 e. The molecule has 2 aliphatic heterocycles. The number of nitrogens with zero attached hydrogens (tertiary/aromatic N) is 3. The van der Waals surface area contributed by atoms with E-state index in [2.05, 4.69) is 17.9 Å². The van der Waals surface area contributed by atoms with Gasteiger partial charge < -0.3 is 19.3 Å². The number of cyclic esters (lactones) is 1. The highest BCUT2D eigenvalue weighted by Gasteiger charge is 2.27. The highest BCUT2D eigenvalue weighted by atomic mass is 16.6. The molecule has 7 nitrogen and oxygen atoms in total. The molecular weight excluding hydrogens is 370 g/mol. The number of amides is 2. The lowest BCUT2D eigenvalue weighted by Crippen LogP contribution is -2.46. The van der Waals surface area contributed by atoms with E-state index >= 15 is 0 Å². The Kier molecular flexibility index (Phi) is 5.29. The Morgan fingerprint density at radius 2 is 1.93 bits per heavy atom. The van der Waals surface area contributed by atoms with Gasteiger partial charge in [0.15, 0.2) is 0 Å². The second kappa shape index (κ2) is 8.03. The van der Waals surface area contributed by atoms with Crippen molar-refractivity contribution in [3.05, 3.63) is 54.1 Å². The minimum Gasteiger partial charge on any atom is -0.485 e. The lowest BCUT2D eigenvalue weighted by molar-refractivity contribution is 0.0709. The van der Waals surface area contributed by atoms with Crippen LogP contribution in [0.25, 0.3) is 0 Å². The summed E-state index contributed by atoms with van der Waals surface area (Å²) >= 11 is 0. The van der Waals surface area contributed by atoms with Gasteiger partial charge in [-0.3, -0.25) is 9.69 Å².